The minimum absolute atomic E-state index is 0.0508. The van der Waals surface area contributed by atoms with Crippen LogP contribution in [0.15, 0.2) is 53.4 Å². The molecule has 0 fully saturated rings. The van der Waals surface area contributed by atoms with Gasteiger partial charge in [0.05, 0.1) is 23.1 Å². The Balaban J connectivity index is 2.21. The summed E-state index contributed by atoms with van der Waals surface area (Å²) in [5.74, 6) is -0.954. The number of nitrogens with zero attached hydrogens (tertiary/aromatic N) is 1. The van der Waals surface area contributed by atoms with E-state index in [4.69, 9.17) is 4.74 Å². The second-order valence-electron chi connectivity index (χ2n) is 6.34. The summed E-state index contributed by atoms with van der Waals surface area (Å²) in [4.78, 5) is 24.0. The first-order chi connectivity index (χ1) is 13.8. The third-order valence-electron chi connectivity index (χ3n) is 4.14. The highest BCUT2D eigenvalue weighted by atomic mass is 32.2. The second kappa shape index (κ2) is 10.2. The maximum absolute atomic E-state index is 12.9. The number of methoxy groups -OCH3 is 1. The molecule has 0 amide bonds. The van der Waals surface area contributed by atoms with E-state index in [0.29, 0.717) is 31.5 Å². The molecule has 7 nitrogen and oxygen atoms in total. The zero-order valence-corrected chi connectivity index (χ0v) is 17.6. The van der Waals surface area contributed by atoms with Crippen LogP contribution in [0.4, 0.5) is 0 Å². The van der Waals surface area contributed by atoms with Crippen molar-refractivity contribution in [3.8, 4) is 5.75 Å². The largest absolute Gasteiger partial charge is 0.465 e. The molecule has 0 unspecified atom stereocenters. The van der Waals surface area contributed by atoms with Crippen molar-refractivity contribution in [2.45, 2.75) is 31.6 Å². The van der Waals surface area contributed by atoms with Crippen molar-refractivity contribution in [2.24, 2.45) is 0 Å². The fraction of sp³-hybridized carbons (Fsp3) is 0.333. The van der Waals surface area contributed by atoms with Gasteiger partial charge in [0.15, 0.2) is 0 Å². The summed E-state index contributed by atoms with van der Waals surface area (Å²) in [5.41, 5.74) is 0.448. The van der Waals surface area contributed by atoms with Crippen LogP contribution in [0.25, 0.3) is 0 Å². The fourth-order valence-corrected chi connectivity index (χ4v) is 4.40. The summed E-state index contributed by atoms with van der Waals surface area (Å²) in [6.45, 7) is 4.66. The lowest BCUT2D eigenvalue weighted by Crippen LogP contribution is -2.32. The standard InChI is InChI=1S/C21H25NO6S/c1-4-13-22(14-5-2)29(25,26)19-8-6-7-17(15-19)21(24)28-18-11-9-16(10-12-18)20(23)27-3/h6-12,15H,4-5,13-14H2,1-3H3. The summed E-state index contributed by atoms with van der Waals surface area (Å²) in [6.07, 6.45) is 1.39. The Morgan fingerprint density at radius 2 is 1.52 bits per heavy atom. The van der Waals surface area contributed by atoms with Gasteiger partial charge in [-0.05, 0) is 55.3 Å². The molecule has 2 aromatic carbocycles. The molecule has 8 heteroatoms. The molecule has 0 atom stereocenters. The molecule has 2 rings (SSSR count). The van der Waals surface area contributed by atoms with E-state index in [-0.39, 0.29) is 16.2 Å². The zero-order chi connectivity index (χ0) is 21.4. The van der Waals surface area contributed by atoms with Crippen molar-refractivity contribution >= 4 is 22.0 Å². The van der Waals surface area contributed by atoms with Gasteiger partial charge in [-0.2, -0.15) is 4.31 Å². The Morgan fingerprint density at radius 1 is 0.897 bits per heavy atom. The van der Waals surface area contributed by atoms with Crippen LogP contribution in [0.1, 0.15) is 47.4 Å². The quantitative estimate of drug-likeness (QED) is 0.456. The van der Waals surface area contributed by atoms with Crippen LogP contribution >= 0.6 is 0 Å². The molecule has 0 aliphatic rings. The fourth-order valence-electron chi connectivity index (χ4n) is 2.73. The Hall–Kier alpha value is -2.71. The van der Waals surface area contributed by atoms with Gasteiger partial charge >= 0.3 is 11.9 Å². The maximum Gasteiger partial charge on any atom is 0.343 e. The van der Waals surface area contributed by atoms with Crippen LogP contribution in [0, 0.1) is 0 Å². The molecule has 0 heterocycles. The third kappa shape index (κ3) is 5.65. The minimum Gasteiger partial charge on any atom is -0.465 e. The van der Waals surface area contributed by atoms with Crippen LogP contribution < -0.4 is 4.74 Å². The number of benzene rings is 2. The molecular formula is C21H25NO6S. The molecule has 0 saturated carbocycles. The molecule has 0 N–H and O–H groups in total. The highest BCUT2D eigenvalue weighted by molar-refractivity contribution is 7.89. The molecule has 0 aliphatic heterocycles. The number of hydrogen-bond donors (Lipinski definition) is 0. The number of esters is 2. The van der Waals surface area contributed by atoms with E-state index >= 15 is 0 Å². The number of hydrogen-bond acceptors (Lipinski definition) is 6. The lowest BCUT2D eigenvalue weighted by atomic mass is 10.2. The second-order valence-corrected chi connectivity index (χ2v) is 8.28. The lowest BCUT2D eigenvalue weighted by molar-refractivity contribution is 0.0600. The molecule has 0 saturated heterocycles. The van der Waals surface area contributed by atoms with Gasteiger partial charge in [-0.25, -0.2) is 18.0 Å². The third-order valence-corrected chi connectivity index (χ3v) is 6.03. The van der Waals surface area contributed by atoms with Crippen LogP contribution in [0.2, 0.25) is 0 Å². The van der Waals surface area contributed by atoms with Gasteiger partial charge in [0, 0.05) is 13.1 Å². The van der Waals surface area contributed by atoms with Crippen molar-refractivity contribution < 1.29 is 27.5 Å². The van der Waals surface area contributed by atoms with Crippen molar-refractivity contribution in [1.82, 2.24) is 4.31 Å². The average Bonchev–Trinajstić information content (AvgIpc) is 2.73. The van der Waals surface area contributed by atoms with E-state index in [1.165, 1.54) is 59.9 Å². The minimum atomic E-state index is -3.70. The van der Waals surface area contributed by atoms with Crippen LogP contribution in [0.5, 0.6) is 5.75 Å². The molecule has 0 aliphatic carbocycles. The lowest BCUT2D eigenvalue weighted by Gasteiger charge is -2.21. The zero-order valence-electron chi connectivity index (χ0n) is 16.8. The normalized spacial score (nSPS) is 11.3. The highest BCUT2D eigenvalue weighted by Gasteiger charge is 2.24. The molecule has 156 valence electrons. The summed E-state index contributed by atoms with van der Waals surface area (Å²) in [5, 5.41) is 0. The first-order valence-corrected chi connectivity index (χ1v) is 10.8. The van der Waals surface area contributed by atoms with Gasteiger partial charge in [0.25, 0.3) is 0 Å². The molecule has 0 bridgehead atoms. The van der Waals surface area contributed by atoms with Crippen LogP contribution in [-0.2, 0) is 14.8 Å². The Kier molecular flexibility index (Phi) is 7.92. The average molecular weight is 419 g/mol. The van der Waals surface area contributed by atoms with Crippen molar-refractivity contribution in [3.63, 3.8) is 0 Å². The van der Waals surface area contributed by atoms with Crippen LogP contribution in [-0.4, -0.2) is 44.9 Å². The molecular weight excluding hydrogens is 394 g/mol. The summed E-state index contributed by atoms with van der Waals surface area (Å²) < 4.78 is 37.1. The Bertz CT molecular complexity index is 947. The topological polar surface area (TPSA) is 90.0 Å². The van der Waals surface area contributed by atoms with E-state index in [0.717, 1.165) is 0 Å². The predicted molar refractivity (Wildman–Crippen MR) is 109 cm³/mol. The van der Waals surface area contributed by atoms with E-state index in [1.807, 2.05) is 13.8 Å². The molecule has 0 radical (unpaired) electrons. The van der Waals surface area contributed by atoms with E-state index in [9.17, 15) is 18.0 Å². The first-order valence-electron chi connectivity index (χ1n) is 9.34. The number of carbonyl (C=O) groups excluding carboxylic acids is 2. The molecule has 0 spiro atoms. The van der Waals surface area contributed by atoms with Gasteiger partial charge in [-0.3, -0.25) is 0 Å². The Labute approximate surface area is 171 Å². The van der Waals surface area contributed by atoms with Gasteiger partial charge in [-0.15, -0.1) is 0 Å². The van der Waals surface area contributed by atoms with Crippen LogP contribution in [0.3, 0.4) is 0 Å². The van der Waals surface area contributed by atoms with Gasteiger partial charge in [-0.1, -0.05) is 19.9 Å². The summed E-state index contributed by atoms with van der Waals surface area (Å²) >= 11 is 0. The van der Waals surface area contributed by atoms with Gasteiger partial charge < -0.3 is 9.47 Å². The highest BCUT2D eigenvalue weighted by Crippen LogP contribution is 2.20. The Morgan fingerprint density at radius 3 is 2.07 bits per heavy atom. The first kappa shape index (κ1) is 22.6. The maximum atomic E-state index is 12.9. The van der Waals surface area contributed by atoms with E-state index in [2.05, 4.69) is 4.74 Å². The SMILES string of the molecule is CCCN(CCC)S(=O)(=O)c1cccc(C(=O)Oc2ccc(C(=O)OC)cc2)c1. The molecule has 0 aromatic heterocycles. The summed E-state index contributed by atoms with van der Waals surface area (Å²) in [6, 6.07) is 11.7. The number of rotatable bonds is 9. The van der Waals surface area contributed by atoms with E-state index < -0.39 is 22.0 Å². The van der Waals surface area contributed by atoms with Crippen molar-refractivity contribution in [3.05, 3.63) is 59.7 Å². The number of ether oxygens (including phenoxy) is 2. The van der Waals surface area contributed by atoms with E-state index in [1.54, 1.807) is 0 Å². The number of sulfonamides is 1. The number of carbonyl (C=O) groups is 2. The smallest absolute Gasteiger partial charge is 0.343 e. The monoisotopic (exact) mass is 419 g/mol. The molecule has 2 aromatic rings. The van der Waals surface area contributed by atoms with Crippen molar-refractivity contribution in [1.29, 1.82) is 0 Å². The van der Waals surface area contributed by atoms with Gasteiger partial charge in [0.1, 0.15) is 5.75 Å². The van der Waals surface area contributed by atoms with Gasteiger partial charge in [0.2, 0.25) is 10.0 Å². The predicted octanol–water partition coefficient (Wildman–Crippen LogP) is 3.50. The van der Waals surface area contributed by atoms with Crippen molar-refractivity contribution in [2.75, 3.05) is 20.2 Å². The molecule has 29 heavy (non-hydrogen) atoms. The summed E-state index contributed by atoms with van der Waals surface area (Å²) in [7, 11) is -2.42.